The molecule has 1 heterocycles. The molecule has 25 heavy (non-hydrogen) atoms. The highest BCUT2D eigenvalue weighted by Gasteiger charge is 2.26. The molecule has 132 valence electrons. The van der Waals surface area contributed by atoms with Crippen LogP contribution >= 0.6 is 0 Å². The van der Waals surface area contributed by atoms with Crippen LogP contribution in [0.25, 0.3) is 0 Å². The Morgan fingerprint density at radius 1 is 1.12 bits per heavy atom. The molecule has 2 amide bonds. The van der Waals surface area contributed by atoms with Crippen LogP contribution in [0, 0.1) is 5.92 Å². The molecule has 0 bridgehead atoms. The number of amides is 2. The number of likely N-dealkylation sites (tertiary alicyclic amines) is 1. The summed E-state index contributed by atoms with van der Waals surface area (Å²) in [7, 11) is 0. The second kappa shape index (κ2) is 8.67. The van der Waals surface area contributed by atoms with Crippen LogP contribution in [0.5, 0.6) is 0 Å². The van der Waals surface area contributed by atoms with E-state index in [9.17, 15) is 9.90 Å². The number of aliphatic hydroxyl groups is 1. The summed E-state index contributed by atoms with van der Waals surface area (Å²) in [5.74, 6) is 0.462. The van der Waals surface area contributed by atoms with Gasteiger partial charge in [-0.05, 0) is 24.0 Å². The number of hydrogen-bond donors (Lipinski definition) is 2. The lowest BCUT2D eigenvalue weighted by Crippen LogP contribution is -2.40. The molecule has 2 aromatic carbocycles. The minimum absolute atomic E-state index is 0.0232. The van der Waals surface area contributed by atoms with Crippen molar-refractivity contribution in [1.82, 2.24) is 10.2 Å². The van der Waals surface area contributed by atoms with Crippen molar-refractivity contribution in [2.24, 2.45) is 5.92 Å². The van der Waals surface area contributed by atoms with Gasteiger partial charge < -0.3 is 15.3 Å². The lowest BCUT2D eigenvalue weighted by molar-refractivity contribution is 0.197. The summed E-state index contributed by atoms with van der Waals surface area (Å²) in [5, 5.41) is 12.3. The third-order valence-corrected chi connectivity index (χ3v) is 4.93. The number of nitrogens with one attached hydrogen (secondary N) is 1. The van der Waals surface area contributed by atoms with Gasteiger partial charge in [-0.1, -0.05) is 60.7 Å². The summed E-state index contributed by atoms with van der Waals surface area (Å²) in [4.78, 5) is 14.2. The molecule has 4 nitrogen and oxygen atoms in total. The second-order valence-electron chi connectivity index (χ2n) is 6.77. The maximum absolute atomic E-state index is 12.4. The zero-order valence-electron chi connectivity index (χ0n) is 14.5. The zero-order chi connectivity index (χ0) is 17.5. The van der Waals surface area contributed by atoms with Crippen LogP contribution in [-0.2, 0) is 6.42 Å². The van der Waals surface area contributed by atoms with E-state index in [1.807, 2.05) is 29.2 Å². The fraction of sp³-hybridized carbons (Fsp3) is 0.381. The topological polar surface area (TPSA) is 52.6 Å². The van der Waals surface area contributed by atoms with E-state index in [1.165, 1.54) is 11.1 Å². The predicted molar refractivity (Wildman–Crippen MR) is 99.5 cm³/mol. The van der Waals surface area contributed by atoms with Gasteiger partial charge in [0.1, 0.15) is 0 Å². The second-order valence-corrected chi connectivity index (χ2v) is 6.77. The van der Waals surface area contributed by atoms with Gasteiger partial charge in [-0.15, -0.1) is 0 Å². The fourth-order valence-corrected chi connectivity index (χ4v) is 3.42. The highest BCUT2D eigenvalue weighted by atomic mass is 16.3. The van der Waals surface area contributed by atoms with Gasteiger partial charge >= 0.3 is 6.03 Å². The highest BCUT2D eigenvalue weighted by molar-refractivity contribution is 5.74. The van der Waals surface area contributed by atoms with Crippen molar-refractivity contribution >= 4 is 6.03 Å². The number of nitrogens with zero attached hydrogens (tertiary/aromatic N) is 1. The Labute approximate surface area is 149 Å². The molecule has 0 aliphatic carbocycles. The van der Waals surface area contributed by atoms with Crippen LogP contribution in [0.3, 0.4) is 0 Å². The maximum Gasteiger partial charge on any atom is 0.317 e. The molecule has 2 atom stereocenters. The van der Waals surface area contributed by atoms with E-state index in [0.717, 1.165) is 19.4 Å². The van der Waals surface area contributed by atoms with Gasteiger partial charge in [0, 0.05) is 38.1 Å². The molecule has 0 radical (unpaired) electrons. The van der Waals surface area contributed by atoms with Crippen molar-refractivity contribution in [2.75, 3.05) is 26.2 Å². The Morgan fingerprint density at radius 2 is 1.80 bits per heavy atom. The van der Waals surface area contributed by atoms with Crippen LogP contribution in [-0.4, -0.2) is 42.3 Å². The average Bonchev–Trinajstić information content (AvgIpc) is 3.16. The number of hydrogen-bond acceptors (Lipinski definition) is 2. The first kappa shape index (κ1) is 17.5. The van der Waals surface area contributed by atoms with Crippen LogP contribution in [0.2, 0.25) is 0 Å². The first-order valence-corrected chi connectivity index (χ1v) is 8.98. The highest BCUT2D eigenvalue weighted by Crippen LogP contribution is 2.21. The van der Waals surface area contributed by atoms with E-state index in [2.05, 4.69) is 41.7 Å². The van der Waals surface area contributed by atoms with E-state index in [1.54, 1.807) is 0 Å². The van der Waals surface area contributed by atoms with Crippen molar-refractivity contribution < 1.29 is 9.90 Å². The standard InChI is InChI=1S/C21H26N2O2/c24-16-18-11-12-23(15-18)21(25)22-14-20(19-9-5-2-6-10-19)13-17-7-3-1-4-8-17/h1-10,18,20,24H,11-16H2,(H,22,25). The first-order chi connectivity index (χ1) is 12.3. The van der Waals surface area contributed by atoms with Crippen molar-refractivity contribution in [3.63, 3.8) is 0 Å². The Kier molecular flexibility index (Phi) is 6.07. The normalized spacial score (nSPS) is 18.1. The summed E-state index contributed by atoms with van der Waals surface area (Å²) in [5.41, 5.74) is 2.51. The monoisotopic (exact) mass is 338 g/mol. The molecule has 1 fully saturated rings. The lowest BCUT2D eigenvalue weighted by Gasteiger charge is -2.22. The van der Waals surface area contributed by atoms with Crippen LogP contribution in [0.4, 0.5) is 4.79 Å². The molecule has 2 aromatic rings. The van der Waals surface area contributed by atoms with E-state index >= 15 is 0 Å². The molecular weight excluding hydrogens is 312 g/mol. The van der Waals surface area contributed by atoms with Crippen LogP contribution in [0.1, 0.15) is 23.5 Å². The van der Waals surface area contributed by atoms with Gasteiger partial charge in [-0.25, -0.2) is 4.79 Å². The summed E-state index contributed by atoms with van der Waals surface area (Å²) in [6, 6.07) is 20.7. The molecule has 1 aliphatic rings. The quantitative estimate of drug-likeness (QED) is 0.851. The summed E-state index contributed by atoms with van der Waals surface area (Å²) in [6.45, 7) is 2.14. The molecule has 0 spiro atoms. The number of carbonyl (C=O) groups is 1. The van der Waals surface area contributed by atoms with Gasteiger partial charge in [0.2, 0.25) is 0 Å². The Hall–Kier alpha value is -2.33. The number of aliphatic hydroxyl groups excluding tert-OH is 1. The number of carbonyl (C=O) groups excluding carboxylic acids is 1. The summed E-state index contributed by atoms with van der Waals surface area (Å²) in [6.07, 6.45) is 1.78. The third-order valence-electron chi connectivity index (χ3n) is 4.93. The van der Waals surface area contributed by atoms with Crippen molar-refractivity contribution in [3.05, 3.63) is 71.8 Å². The number of benzene rings is 2. The van der Waals surface area contributed by atoms with Crippen LogP contribution in [0.15, 0.2) is 60.7 Å². The number of urea groups is 1. The molecule has 0 aromatic heterocycles. The number of rotatable bonds is 6. The molecule has 3 rings (SSSR count). The van der Waals surface area contributed by atoms with Crippen molar-refractivity contribution in [3.8, 4) is 0 Å². The van der Waals surface area contributed by atoms with Gasteiger partial charge in [-0.3, -0.25) is 0 Å². The largest absolute Gasteiger partial charge is 0.396 e. The smallest absolute Gasteiger partial charge is 0.317 e. The van der Waals surface area contributed by atoms with Gasteiger partial charge in [-0.2, -0.15) is 0 Å². The first-order valence-electron chi connectivity index (χ1n) is 8.98. The van der Waals surface area contributed by atoms with Crippen molar-refractivity contribution in [1.29, 1.82) is 0 Å². The molecule has 2 unspecified atom stereocenters. The fourth-order valence-electron chi connectivity index (χ4n) is 3.42. The molecule has 4 heteroatoms. The molecule has 2 N–H and O–H groups in total. The maximum atomic E-state index is 12.4. The molecule has 1 aliphatic heterocycles. The Morgan fingerprint density at radius 3 is 2.44 bits per heavy atom. The van der Waals surface area contributed by atoms with E-state index in [-0.39, 0.29) is 24.5 Å². The minimum atomic E-state index is -0.0232. The van der Waals surface area contributed by atoms with Gasteiger partial charge in [0.05, 0.1) is 0 Å². The van der Waals surface area contributed by atoms with E-state index in [4.69, 9.17) is 0 Å². The molecular formula is C21H26N2O2. The SMILES string of the molecule is O=C(NCC(Cc1ccccc1)c1ccccc1)N1CCC(CO)C1. The van der Waals surface area contributed by atoms with E-state index < -0.39 is 0 Å². The molecule has 0 saturated carbocycles. The Balaban J connectivity index is 1.63. The summed E-state index contributed by atoms with van der Waals surface area (Å²) >= 11 is 0. The van der Waals surface area contributed by atoms with Gasteiger partial charge in [0.15, 0.2) is 0 Å². The van der Waals surface area contributed by atoms with Gasteiger partial charge in [0.25, 0.3) is 0 Å². The van der Waals surface area contributed by atoms with E-state index in [0.29, 0.717) is 13.1 Å². The zero-order valence-corrected chi connectivity index (χ0v) is 14.5. The predicted octanol–water partition coefficient (Wildman–Crippen LogP) is 3.04. The Bertz CT molecular complexity index is 660. The average molecular weight is 338 g/mol. The molecule has 1 saturated heterocycles. The minimum Gasteiger partial charge on any atom is -0.396 e. The van der Waals surface area contributed by atoms with Crippen LogP contribution < -0.4 is 5.32 Å². The third kappa shape index (κ3) is 4.83. The summed E-state index contributed by atoms with van der Waals surface area (Å²) < 4.78 is 0. The van der Waals surface area contributed by atoms with Crippen molar-refractivity contribution in [2.45, 2.75) is 18.8 Å². The lowest BCUT2D eigenvalue weighted by atomic mass is 9.92.